The van der Waals surface area contributed by atoms with E-state index < -0.39 is 0 Å². The Labute approximate surface area is 116 Å². The van der Waals surface area contributed by atoms with Gasteiger partial charge in [0, 0.05) is 0 Å². The molecule has 2 amide bonds. The molecule has 0 radical (unpaired) electrons. The molecule has 0 aromatic carbocycles. The number of nitrogens with zero attached hydrogens (tertiary/aromatic N) is 2. The molecule has 0 unspecified atom stereocenters. The molecule has 7 heteroatoms. The predicted octanol–water partition coefficient (Wildman–Crippen LogP) is 2.27. The second-order valence-electron chi connectivity index (χ2n) is 4.21. The topological polar surface area (TPSA) is 89.3 Å². The lowest BCUT2D eigenvalue weighted by Crippen LogP contribution is -2.31. The van der Waals surface area contributed by atoms with Gasteiger partial charge in [-0.2, -0.15) is 4.98 Å². The van der Waals surface area contributed by atoms with Crippen LogP contribution in [0.1, 0.15) is 24.5 Å². The number of hydrogen-bond acceptors (Lipinski definition) is 5. The van der Waals surface area contributed by atoms with Crippen LogP contribution in [0.25, 0.3) is 0 Å². The third-order valence-corrected chi connectivity index (χ3v) is 2.65. The van der Waals surface area contributed by atoms with Crippen molar-refractivity contribution < 1.29 is 13.9 Å². The van der Waals surface area contributed by atoms with Gasteiger partial charge >= 0.3 is 6.03 Å². The highest BCUT2D eigenvalue weighted by atomic mass is 16.5. The summed E-state index contributed by atoms with van der Waals surface area (Å²) < 4.78 is 10.5. The zero-order chi connectivity index (χ0) is 14.5. The molecule has 2 aromatic heterocycles. The van der Waals surface area contributed by atoms with Gasteiger partial charge in [0.25, 0.3) is 0 Å². The van der Waals surface area contributed by atoms with Crippen molar-refractivity contribution in [1.29, 1.82) is 0 Å². The van der Waals surface area contributed by atoms with Crippen molar-refractivity contribution in [2.45, 2.75) is 19.9 Å². The molecule has 2 N–H and O–H groups in total. The Balaban J connectivity index is 1.98. The van der Waals surface area contributed by atoms with E-state index in [0.717, 1.165) is 5.76 Å². The van der Waals surface area contributed by atoms with E-state index in [-0.39, 0.29) is 12.1 Å². The van der Waals surface area contributed by atoms with Crippen molar-refractivity contribution in [3.05, 3.63) is 36.2 Å². The van der Waals surface area contributed by atoms with E-state index in [9.17, 15) is 4.79 Å². The van der Waals surface area contributed by atoms with Crippen LogP contribution in [-0.4, -0.2) is 23.1 Å². The van der Waals surface area contributed by atoms with Gasteiger partial charge in [0.15, 0.2) is 0 Å². The van der Waals surface area contributed by atoms with Crippen molar-refractivity contribution >= 4 is 11.7 Å². The number of hydrogen-bond donors (Lipinski definition) is 2. The Morgan fingerprint density at radius 1 is 1.45 bits per heavy atom. The summed E-state index contributed by atoms with van der Waals surface area (Å²) in [5.74, 6) is 1.79. The maximum absolute atomic E-state index is 11.9. The van der Waals surface area contributed by atoms with Gasteiger partial charge in [-0.25, -0.2) is 9.78 Å². The van der Waals surface area contributed by atoms with Gasteiger partial charge in [0.2, 0.25) is 5.88 Å². The molecule has 0 fully saturated rings. The fraction of sp³-hybridized carbons (Fsp3) is 0.308. The molecular formula is C13H16N4O3. The summed E-state index contributed by atoms with van der Waals surface area (Å²) >= 11 is 0. The molecular weight excluding hydrogens is 260 g/mol. The van der Waals surface area contributed by atoms with Crippen molar-refractivity contribution in [3.8, 4) is 5.88 Å². The Morgan fingerprint density at radius 2 is 2.25 bits per heavy atom. The molecule has 0 spiro atoms. The maximum Gasteiger partial charge on any atom is 0.320 e. The Bertz CT molecular complexity index is 597. The minimum absolute atomic E-state index is 0.251. The van der Waals surface area contributed by atoms with E-state index in [1.165, 1.54) is 19.6 Å². The van der Waals surface area contributed by atoms with E-state index in [2.05, 4.69) is 20.6 Å². The quantitative estimate of drug-likeness (QED) is 0.894. The van der Waals surface area contributed by atoms with Crippen LogP contribution >= 0.6 is 0 Å². The molecule has 7 nitrogen and oxygen atoms in total. The number of furan rings is 1. The van der Waals surface area contributed by atoms with E-state index in [4.69, 9.17) is 9.15 Å². The number of ether oxygens (including phenoxy) is 1. The molecule has 0 aliphatic carbocycles. The second-order valence-corrected chi connectivity index (χ2v) is 4.21. The highest BCUT2D eigenvalue weighted by molar-refractivity contribution is 5.90. The fourth-order valence-electron chi connectivity index (χ4n) is 1.68. The number of aryl methyl sites for hydroxylation is 1. The maximum atomic E-state index is 11.9. The van der Waals surface area contributed by atoms with Gasteiger partial charge in [-0.3, -0.25) is 0 Å². The van der Waals surface area contributed by atoms with Crippen molar-refractivity contribution in [2.24, 2.45) is 0 Å². The lowest BCUT2D eigenvalue weighted by atomic mass is 10.2. The molecule has 2 aromatic rings. The molecule has 0 saturated carbocycles. The molecule has 0 saturated heterocycles. The molecule has 20 heavy (non-hydrogen) atoms. The summed E-state index contributed by atoms with van der Waals surface area (Å²) in [5, 5.41) is 5.38. The minimum Gasteiger partial charge on any atom is -0.479 e. The lowest BCUT2D eigenvalue weighted by Gasteiger charge is -2.13. The Morgan fingerprint density at radius 3 is 2.90 bits per heavy atom. The first-order chi connectivity index (χ1) is 9.60. The van der Waals surface area contributed by atoms with Gasteiger partial charge in [0.05, 0.1) is 19.3 Å². The minimum atomic E-state index is -0.389. The van der Waals surface area contributed by atoms with Gasteiger partial charge in [0.1, 0.15) is 23.5 Å². The Hall–Kier alpha value is -2.57. The normalized spacial score (nSPS) is 11.8. The number of carbonyl (C=O) groups excluding carboxylic acids is 1. The molecule has 0 aliphatic heterocycles. The first-order valence-electron chi connectivity index (χ1n) is 6.08. The van der Waals surface area contributed by atoms with Crippen LogP contribution < -0.4 is 15.4 Å². The average molecular weight is 276 g/mol. The lowest BCUT2D eigenvalue weighted by molar-refractivity contribution is 0.247. The van der Waals surface area contributed by atoms with Crippen LogP contribution in [0.2, 0.25) is 0 Å². The van der Waals surface area contributed by atoms with Crippen molar-refractivity contribution in [3.63, 3.8) is 0 Å². The van der Waals surface area contributed by atoms with Gasteiger partial charge < -0.3 is 19.8 Å². The summed E-state index contributed by atoms with van der Waals surface area (Å²) in [5.41, 5.74) is 0.398. The molecule has 1 atom stereocenters. The first-order valence-corrected chi connectivity index (χ1v) is 6.08. The van der Waals surface area contributed by atoms with Crippen LogP contribution in [-0.2, 0) is 0 Å². The standard InChI is InChI=1S/C13H16N4O3/c1-8-4-5-11(20-8)9(2)16-13(18)17-10-6-14-7-15-12(10)19-3/h4-7,9H,1-3H3,(H2,16,17,18)/t9-/m1/s1. The van der Waals surface area contributed by atoms with Crippen LogP contribution in [0.5, 0.6) is 5.88 Å². The Kier molecular flexibility index (Phi) is 4.19. The fourth-order valence-corrected chi connectivity index (χ4v) is 1.68. The smallest absolute Gasteiger partial charge is 0.320 e. The van der Waals surface area contributed by atoms with Crippen molar-refractivity contribution in [1.82, 2.24) is 15.3 Å². The highest BCUT2D eigenvalue weighted by Gasteiger charge is 2.14. The third-order valence-electron chi connectivity index (χ3n) is 2.65. The van der Waals surface area contributed by atoms with Gasteiger partial charge in [-0.05, 0) is 26.0 Å². The zero-order valence-corrected chi connectivity index (χ0v) is 11.5. The van der Waals surface area contributed by atoms with E-state index in [1.807, 2.05) is 26.0 Å². The monoisotopic (exact) mass is 276 g/mol. The SMILES string of the molecule is COc1ncncc1NC(=O)N[C@H](C)c1ccc(C)o1. The average Bonchev–Trinajstić information content (AvgIpc) is 2.86. The van der Waals surface area contributed by atoms with Crippen LogP contribution in [0.4, 0.5) is 10.5 Å². The number of aromatic nitrogens is 2. The van der Waals surface area contributed by atoms with E-state index >= 15 is 0 Å². The third kappa shape index (κ3) is 3.25. The summed E-state index contributed by atoms with van der Waals surface area (Å²) in [7, 11) is 1.47. The van der Waals surface area contributed by atoms with Crippen LogP contribution in [0, 0.1) is 6.92 Å². The first kappa shape index (κ1) is 13.9. The number of carbonyl (C=O) groups is 1. The van der Waals surface area contributed by atoms with Gasteiger partial charge in [-0.15, -0.1) is 0 Å². The van der Waals surface area contributed by atoms with Crippen molar-refractivity contribution in [2.75, 3.05) is 12.4 Å². The van der Waals surface area contributed by atoms with Crippen LogP contribution in [0.15, 0.2) is 29.1 Å². The molecule has 0 aliphatic rings. The zero-order valence-electron chi connectivity index (χ0n) is 11.5. The van der Waals surface area contributed by atoms with Gasteiger partial charge in [-0.1, -0.05) is 0 Å². The second kappa shape index (κ2) is 6.05. The molecule has 106 valence electrons. The summed E-state index contributed by atoms with van der Waals surface area (Å²) in [6.45, 7) is 3.68. The largest absolute Gasteiger partial charge is 0.479 e. The number of urea groups is 1. The predicted molar refractivity (Wildman–Crippen MR) is 72.6 cm³/mol. The molecule has 2 rings (SSSR count). The number of anilines is 1. The van der Waals surface area contributed by atoms with E-state index in [1.54, 1.807) is 0 Å². The summed E-state index contributed by atoms with van der Waals surface area (Å²) in [6, 6.07) is 3.03. The summed E-state index contributed by atoms with van der Waals surface area (Å²) in [6.07, 6.45) is 2.81. The number of methoxy groups -OCH3 is 1. The summed E-state index contributed by atoms with van der Waals surface area (Å²) in [4.78, 5) is 19.6. The molecule has 2 heterocycles. The number of nitrogens with one attached hydrogen (secondary N) is 2. The molecule has 0 bridgehead atoms. The number of amides is 2. The van der Waals surface area contributed by atoms with E-state index in [0.29, 0.717) is 17.3 Å². The highest BCUT2D eigenvalue weighted by Crippen LogP contribution is 2.19. The number of rotatable bonds is 4. The van der Waals surface area contributed by atoms with Crippen LogP contribution in [0.3, 0.4) is 0 Å².